The highest BCUT2D eigenvalue weighted by Gasteiger charge is 2.19. The fourth-order valence-corrected chi connectivity index (χ4v) is 2.64. The van der Waals surface area contributed by atoms with Crippen molar-refractivity contribution < 1.29 is 4.74 Å². The van der Waals surface area contributed by atoms with E-state index >= 15 is 0 Å². The third-order valence-electron chi connectivity index (χ3n) is 3.82. The molecule has 102 valence electrons. The van der Waals surface area contributed by atoms with Gasteiger partial charge < -0.3 is 15.0 Å². The SMILES string of the molecule is CC1CCN/C1=N/c1ccccc1N1CCOCC1. The predicted octanol–water partition coefficient (Wildman–Crippen LogP) is 2.18. The van der Waals surface area contributed by atoms with Crippen LogP contribution in [-0.2, 0) is 4.74 Å². The number of ether oxygens (including phenoxy) is 1. The number of amidine groups is 1. The molecular formula is C15H21N3O. The first-order chi connectivity index (χ1) is 9.34. The van der Waals surface area contributed by atoms with Crippen LogP contribution in [0.3, 0.4) is 0 Å². The van der Waals surface area contributed by atoms with Crippen molar-refractivity contribution in [3.05, 3.63) is 24.3 Å². The summed E-state index contributed by atoms with van der Waals surface area (Å²) in [6.07, 6.45) is 1.18. The molecule has 1 aromatic rings. The summed E-state index contributed by atoms with van der Waals surface area (Å²) < 4.78 is 5.42. The lowest BCUT2D eigenvalue weighted by molar-refractivity contribution is 0.123. The second kappa shape index (κ2) is 5.61. The van der Waals surface area contributed by atoms with E-state index in [2.05, 4.69) is 41.4 Å². The van der Waals surface area contributed by atoms with Gasteiger partial charge in [-0.3, -0.25) is 0 Å². The Bertz CT molecular complexity index is 466. The quantitative estimate of drug-likeness (QED) is 0.884. The Morgan fingerprint density at radius 2 is 2.05 bits per heavy atom. The molecule has 0 spiro atoms. The summed E-state index contributed by atoms with van der Waals surface area (Å²) in [4.78, 5) is 7.20. The number of nitrogens with zero attached hydrogens (tertiary/aromatic N) is 2. The minimum atomic E-state index is 0.540. The summed E-state index contributed by atoms with van der Waals surface area (Å²) in [6.45, 7) is 6.78. The van der Waals surface area contributed by atoms with E-state index in [1.165, 1.54) is 12.1 Å². The van der Waals surface area contributed by atoms with E-state index in [1.54, 1.807) is 0 Å². The molecule has 0 amide bonds. The van der Waals surface area contributed by atoms with Crippen LogP contribution in [-0.4, -0.2) is 38.7 Å². The molecule has 4 nitrogen and oxygen atoms in total. The van der Waals surface area contributed by atoms with Gasteiger partial charge in [0, 0.05) is 25.6 Å². The number of hydrogen-bond acceptors (Lipinski definition) is 3. The molecule has 0 bridgehead atoms. The van der Waals surface area contributed by atoms with Gasteiger partial charge in [-0.25, -0.2) is 4.99 Å². The molecule has 2 heterocycles. The van der Waals surface area contributed by atoms with Crippen LogP contribution in [0.25, 0.3) is 0 Å². The molecule has 0 saturated carbocycles. The van der Waals surface area contributed by atoms with Crippen molar-refractivity contribution in [3.8, 4) is 0 Å². The molecule has 4 heteroatoms. The third-order valence-corrected chi connectivity index (χ3v) is 3.82. The van der Waals surface area contributed by atoms with Crippen molar-refractivity contribution in [2.45, 2.75) is 13.3 Å². The minimum absolute atomic E-state index is 0.540. The first-order valence-electron chi connectivity index (χ1n) is 7.09. The number of anilines is 1. The maximum Gasteiger partial charge on any atom is 0.105 e. The van der Waals surface area contributed by atoms with E-state index in [0.717, 1.165) is 44.4 Å². The molecule has 0 aromatic heterocycles. The van der Waals surface area contributed by atoms with Gasteiger partial charge in [-0.1, -0.05) is 19.1 Å². The van der Waals surface area contributed by atoms with Crippen molar-refractivity contribution >= 4 is 17.2 Å². The van der Waals surface area contributed by atoms with Crippen LogP contribution in [0.5, 0.6) is 0 Å². The van der Waals surface area contributed by atoms with Gasteiger partial charge in [-0.15, -0.1) is 0 Å². The van der Waals surface area contributed by atoms with Gasteiger partial charge in [-0.2, -0.15) is 0 Å². The number of rotatable bonds is 2. The highest BCUT2D eigenvalue weighted by atomic mass is 16.5. The molecule has 2 saturated heterocycles. The highest BCUT2D eigenvalue weighted by molar-refractivity contribution is 5.90. The molecule has 1 N–H and O–H groups in total. The van der Waals surface area contributed by atoms with Crippen molar-refractivity contribution in [2.24, 2.45) is 10.9 Å². The summed E-state index contributed by atoms with van der Waals surface area (Å²) in [7, 11) is 0. The molecule has 1 atom stereocenters. The Morgan fingerprint density at radius 3 is 2.79 bits per heavy atom. The average Bonchev–Trinajstić information content (AvgIpc) is 2.86. The normalized spacial score (nSPS) is 25.6. The van der Waals surface area contributed by atoms with Crippen molar-refractivity contribution in [1.29, 1.82) is 0 Å². The van der Waals surface area contributed by atoms with Gasteiger partial charge in [0.2, 0.25) is 0 Å². The molecule has 2 fully saturated rings. The molecule has 3 rings (SSSR count). The van der Waals surface area contributed by atoms with E-state index < -0.39 is 0 Å². The van der Waals surface area contributed by atoms with Crippen molar-refractivity contribution in [1.82, 2.24) is 5.32 Å². The second-order valence-electron chi connectivity index (χ2n) is 5.20. The number of para-hydroxylation sites is 2. The summed E-state index contributed by atoms with van der Waals surface area (Å²) in [5, 5.41) is 3.39. The smallest absolute Gasteiger partial charge is 0.105 e. The van der Waals surface area contributed by atoms with E-state index in [4.69, 9.17) is 9.73 Å². The Morgan fingerprint density at radius 1 is 1.26 bits per heavy atom. The maximum atomic E-state index is 5.42. The topological polar surface area (TPSA) is 36.9 Å². The summed E-state index contributed by atoms with van der Waals surface area (Å²) in [6, 6.07) is 8.40. The monoisotopic (exact) mass is 259 g/mol. The van der Waals surface area contributed by atoms with E-state index in [9.17, 15) is 0 Å². The lowest BCUT2D eigenvalue weighted by Gasteiger charge is -2.29. The molecule has 1 aromatic carbocycles. The lowest BCUT2D eigenvalue weighted by atomic mass is 10.1. The molecule has 1 unspecified atom stereocenters. The zero-order chi connectivity index (χ0) is 13.1. The Hall–Kier alpha value is -1.55. The van der Waals surface area contributed by atoms with Crippen LogP contribution in [0.15, 0.2) is 29.3 Å². The number of hydrogen-bond donors (Lipinski definition) is 1. The molecule has 2 aliphatic heterocycles. The molecular weight excluding hydrogens is 238 g/mol. The highest BCUT2D eigenvalue weighted by Crippen LogP contribution is 2.30. The zero-order valence-corrected chi connectivity index (χ0v) is 11.4. The van der Waals surface area contributed by atoms with Crippen LogP contribution >= 0.6 is 0 Å². The minimum Gasteiger partial charge on any atom is -0.378 e. The molecule has 0 radical (unpaired) electrons. The van der Waals surface area contributed by atoms with Crippen LogP contribution in [0, 0.1) is 5.92 Å². The van der Waals surface area contributed by atoms with Crippen LogP contribution in [0.2, 0.25) is 0 Å². The van der Waals surface area contributed by atoms with Gasteiger partial charge >= 0.3 is 0 Å². The third kappa shape index (κ3) is 2.73. The van der Waals surface area contributed by atoms with Crippen molar-refractivity contribution in [2.75, 3.05) is 37.7 Å². The predicted molar refractivity (Wildman–Crippen MR) is 78.4 cm³/mol. The largest absolute Gasteiger partial charge is 0.378 e. The summed E-state index contributed by atoms with van der Waals surface area (Å²) >= 11 is 0. The molecule has 0 aliphatic carbocycles. The average molecular weight is 259 g/mol. The number of aliphatic imine (C=N–C) groups is 1. The van der Waals surface area contributed by atoms with Crippen LogP contribution in [0.1, 0.15) is 13.3 Å². The maximum absolute atomic E-state index is 5.42. The van der Waals surface area contributed by atoms with Crippen LogP contribution < -0.4 is 10.2 Å². The van der Waals surface area contributed by atoms with Gasteiger partial charge in [0.25, 0.3) is 0 Å². The van der Waals surface area contributed by atoms with E-state index in [-0.39, 0.29) is 0 Å². The lowest BCUT2D eigenvalue weighted by Crippen LogP contribution is -2.36. The van der Waals surface area contributed by atoms with E-state index in [1.807, 2.05) is 0 Å². The van der Waals surface area contributed by atoms with E-state index in [0.29, 0.717) is 5.92 Å². The van der Waals surface area contributed by atoms with Crippen LogP contribution in [0.4, 0.5) is 11.4 Å². The van der Waals surface area contributed by atoms with Gasteiger partial charge in [0.05, 0.1) is 24.6 Å². The Kier molecular flexibility index (Phi) is 3.69. The first kappa shape index (κ1) is 12.5. The van der Waals surface area contributed by atoms with Crippen molar-refractivity contribution in [3.63, 3.8) is 0 Å². The second-order valence-corrected chi connectivity index (χ2v) is 5.20. The van der Waals surface area contributed by atoms with Gasteiger partial charge in [-0.05, 0) is 18.6 Å². The molecule has 19 heavy (non-hydrogen) atoms. The van der Waals surface area contributed by atoms with Gasteiger partial charge in [0.1, 0.15) is 5.84 Å². The fourth-order valence-electron chi connectivity index (χ4n) is 2.64. The number of morpholine rings is 1. The standard InChI is InChI=1S/C15H21N3O/c1-12-6-7-16-15(12)17-13-4-2-3-5-14(13)18-8-10-19-11-9-18/h2-5,12H,6-11H2,1H3,(H,16,17). The Balaban J connectivity index is 1.88. The molecule has 2 aliphatic rings. The van der Waals surface area contributed by atoms with Gasteiger partial charge in [0.15, 0.2) is 0 Å². The Labute approximate surface area is 114 Å². The summed E-state index contributed by atoms with van der Waals surface area (Å²) in [5.74, 6) is 1.67. The number of benzene rings is 1. The first-order valence-corrected chi connectivity index (χ1v) is 7.09. The zero-order valence-electron chi connectivity index (χ0n) is 11.4. The summed E-state index contributed by atoms with van der Waals surface area (Å²) in [5.41, 5.74) is 2.29. The number of nitrogens with one attached hydrogen (secondary N) is 1. The fraction of sp³-hybridized carbons (Fsp3) is 0.533.